The van der Waals surface area contributed by atoms with Gasteiger partial charge in [0, 0.05) is 19.3 Å². The fraction of sp³-hybridized carbons (Fsp3) is 0.500. The zero-order valence-electron chi connectivity index (χ0n) is 11.8. The van der Waals surface area contributed by atoms with E-state index in [-0.39, 0.29) is 17.5 Å². The van der Waals surface area contributed by atoms with Crippen LogP contribution in [0.4, 0.5) is 0 Å². The monoisotopic (exact) mass is 313 g/mol. The fourth-order valence-electron chi connectivity index (χ4n) is 3.06. The van der Waals surface area contributed by atoms with Crippen LogP contribution in [0.25, 0.3) is 0 Å². The lowest BCUT2D eigenvalue weighted by Gasteiger charge is -2.15. The molecule has 0 aliphatic heterocycles. The molecule has 0 heterocycles. The topological polar surface area (TPSA) is 69.4 Å². The molecule has 1 aliphatic carbocycles. The highest BCUT2D eigenvalue weighted by atomic mass is 32.2. The molecule has 2 N–H and O–H groups in total. The van der Waals surface area contributed by atoms with E-state index in [1.54, 1.807) is 0 Å². The summed E-state index contributed by atoms with van der Waals surface area (Å²) >= 11 is 5.14. The van der Waals surface area contributed by atoms with Crippen molar-refractivity contribution in [2.45, 2.75) is 18.1 Å². The van der Waals surface area contributed by atoms with E-state index in [1.165, 1.54) is 13.4 Å². The minimum Gasteiger partial charge on any atom is -0.393 e. The second kappa shape index (κ2) is 5.09. The molecule has 6 heteroatoms. The van der Waals surface area contributed by atoms with Crippen molar-refractivity contribution in [3.05, 3.63) is 35.4 Å². The molecular weight excluding hydrogens is 294 g/mol. The van der Waals surface area contributed by atoms with Crippen LogP contribution in [-0.2, 0) is 14.6 Å². The SMILES string of the molecule is COC[C@@]1(C(N)=S)[C@H](S(C)(=O)=O)[C@@H]1c1ccc(C)cc1. The number of hydrogen-bond donors (Lipinski definition) is 1. The molecule has 1 aliphatic rings. The van der Waals surface area contributed by atoms with Gasteiger partial charge in [0.1, 0.15) is 0 Å². The van der Waals surface area contributed by atoms with Crippen LogP contribution in [0.3, 0.4) is 0 Å². The maximum Gasteiger partial charge on any atom is 0.152 e. The number of ether oxygens (including phenoxy) is 1. The first kappa shape index (κ1) is 15.4. The van der Waals surface area contributed by atoms with Crippen LogP contribution in [0, 0.1) is 12.3 Å². The summed E-state index contributed by atoms with van der Waals surface area (Å²) < 4.78 is 29.3. The number of benzene rings is 1. The van der Waals surface area contributed by atoms with Crippen molar-refractivity contribution in [3.63, 3.8) is 0 Å². The minimum atomic E-state index is -3.26. The number of sulfone groups is 1. The Bertz CT molecular complexity index is 624. The maximum absolute atomic E-state index is 12.1. The van der Waals surface area contributed by atoms with Crippen LogP contribution < -0.4 is 5.73 Å². The van der Waals surface area contributed by atoms with Crippen molar-refractivity contribution in [2.24, 2.45) is 11.1 Å². The second-order valence-electron chi connectivity index (χ2n) is 5.48. The van der Waals surface area contributed by atoms with Crippen molar-refractivity contribution >= 4 is 27.0 Å². The van der Waals surface area contributed by atoms with E-state index in [9.17, 15) is 8.42 Å². The van der Waals surface area contributed by atoms with Crippen LogP contribution in [0.1, 0.15) is 17.0 Å². The number of hydrogen-bond acceptors (Lipinski definition) is 4. The summed E-state index contributed by atoms with van der Waals surface area (Å²) in [5, 5.41) is -0.602. The zero-order chi connectivity index (χ0) is 15.1. The highest BCUT2D eigenvalue weighted by Crippen LogP contribution is 2.63. The molecule has 110 valence electrons. The number of aryl methyl sites for hydroxylation is 1. The summed E-state index contributed by atoms with van der Waals surface area (Å²) in [6, 6.07) is 7.80. The van der Waals surface area contributed by atoms with Gasteiger partial charge in [0.25, 0.3) is 0 Å². The van der Waals surface area contributed by atoms with E-state index in [1.807, 2.05) is 31.2 Å². The molecule has 1 saturated carbocycles. The lowest BCUT2D eigenvalue weighted by Crippen LogP contribution is -2.32. The fourth-order valence-corrected chi connectivity index (χ4v) is 5.36. The standard InChI is InChI=1S/C14H19NO3S2/c1-9-4-6-10(7-5-9)11-12(20(3,16)17)14(11,8-18-2)13(15)19/h4-7,11-12H,8H2,1-3H3,(H2,15,19)/t11-,12+,14-/m0/s1. The number of thiocarbonyl (C=S) groups is 1. The van der Waals surface area contributed by atoms with Crippen LogP contribution >= 0.6 is 12.2 Å². The molecular formula is C14H19NO3S2. The summed E-state index contributed by atoms with van der Waals surface area (Å²) in [6.45, 7) is 2.21. The molecule has 4 nitrogen and oxygen atoms in total. The smallest absolute Gasteiger partial charge is 0.152 e. The normalized spacial score (nSPS) is 29.1. The van der Waals surface area contributed by atoms with Gasteiger partial charge in [-0.3, -0.25) is 0 Å². The van der Waals surface area contributed by atoms with E-state index in [2.05, 4.69) is 0 Å². The van der Waals surface area contributed by atoms with Gasteiger partial charge in [0.15, 0.2) is 9.84 Å². The van der Waals surface area contributed by atoms with Gasteiger partial charge in [-0.05, 0) is 12.5 Å². The van der Waals surface area contributed by atoms with E-state index in [4.69, 9.17) is 22.7 Å². The summed E-state index contributed by atoms with van der Waals surface area (Å²) in [4.78, 5) is 0.209. The van der Waals surface area contributed by atoms with Gasteiger partial charge in [-0.15, -0.1) is 0 Å². The largest absolute Gasteiger partial charge is 0.393 e. The third-order valence-corrected chi connectivity index (χ3v) is 5.99. The number of methoxy groups -OCH3 is 1. The Kier molecular flexibility index (Phi) is 3.92. The Labute approximate surface area is 125 Å². The number of nitrogens with two attached hydrogens (primary N) is 1. The van der Waals surface area contributed by atoms with Crippen molar-refractivity contribution in [1.82, 2.24) is 0 Å². The quantitative estimate of drug-likeness (QED) is 0.833. The average Bonchev–Trinajstić information content (AvgIpc) is 3.01. The van der Waals surface area contributed by atoms with Gasteiger partial charge in [-0.25, -0.2) is 8.42 Å². The molecule has 0 saturated heterocycles. The molecule has 0 unspecified atom stereocenters. The second-order valence-corrected chi connectivity index (χ2v) is 8.08. The van der Waals surface area contributed by atoms with Crippen LogP contribution in [0.2, 0.25) is 0 Å². The van der Waals surface area contributed by atoms with E-state index in [0.29, 0.717) is 0 Å². The lowest BCUT2D eigenvalue weighted by atomic mass is 9.99. The third-order valence-electron chi connectivity index (χ3n) is 4.00. The summed E-state index contributed by atoms with van der Waals surface area (Å²) in [5.74, 6) is -0.226. The molecule has 1 aromatic rings. The molecule has 1 fully saturated rings. The molecule has 3 atom stereocenters. The van der Waals surface area contributed by atoms with Crippen molar-refractivity contribution in [2.75, 3.05) is 20.0 Å². The lowest BCUT2D eigenvalue weighted by molar-refractivity contribution is 0.166. The Morgan fingerprint density at radius 3 is 2.35 bits per heavy atom. The summed E-state index contributed by atoms with van der Waals surface area (Å²) in [5.41, 5.74) is 7.13. The zero-order valence-corrected chi connectivity index (χ0v) is 13.4. The van der Waals surface area contributed by atoms with Crippen LogP contribution in [0.15, 0.2) is 24.3 Å². The van der Waals surface area contributed by atoms with Gasteiger partial charge in [0.2, 0.25) is 0 Å². The molecule has 1 aromatic carbocycles. The first-order valence-corrected chi connectivity index (χ1v) is 8.65. The van der Waals surface area contributed by atoms with Gasteiger partial charge in [-0.1, -0.05) is 42.0 Å². The van der Waals surface area contributed by atoms with E-state index in [0.717, 1.165) is 11.1 Å². The van der Waals surface area contributed by atoms with Gasteiger partial charge < -0.3 is 10.5 Å². The average molecular weight is 313 g/mol. The van der Waals surface area contributed by atoms with E-state index >= 15 is 0 Å². The third kappa shape index (κ3) is 2.36. The highest BCUT2D eigenvalue weighted by molar-refractivity contribution is 7.92. The van der Waals surface area contributed by atoms with Crippen LogP contribution in [0.5, 0.6) is 0 Å². The number of rotatable bonds is 5. The van der Waals surface area contributed by atoms with Crippen molar-refractivity contribution in [3.8, 4) is 0 Å². The Balaban J connectivity index is 2.49. The van der Waals surface area contributed by atoms with Gasteiger partial charge in [-0.2, -0.15) is 0 Å². The van der Waals surface area contributed by atoms with Gasteiger partial charge in [0.05, 0.1) is 22.3 Å². The Hall–Kier alpha value is -0.980. The Morgan fingerprint density at radius 1 is 1.40 bits per heavy atom. The highest BCUT2D eigenvalue weighted by Gasteiger charge is 2.71. The molecule has 0 amide bonds. The summed E-state index contributed by atoms with van der Waals surface area (Å²) in [6.07, 6.45) is 1.23. The molecule has 0 radical (unpaired) electrons. The maximum atomic E-state index is 12.1. The van der Waals surface area contributed by atoms with Crippen molar-refractivity contribution < 1.29 is 13.2 Å². The first-order chi connectivity index (χ1) is 9.25. The molecule has 0 bridgehead atoms. The van der Waals surface area contributed by atoms with Crippen LogP contribution in [-0.4, -0.2) is 38.6 Å². The first-order valence-electron chi connectivity index (χ1n) is 6.29. The van der Waals surface area contributed by atoms with Gasteiger partial charge >= 0.3 is 0 Å². The molecule has 0 aromatic heterocycles. The predicted molar refractivity (Wildman–Crippen MR) is 83.6 cm³/mol. The molecule has 0 spiro atoms. The predicted octanol–water partition coefficient (Wildman–Crippen LogP) is 1.42. The van der Waals surface area contributed by atoms with E-state index < -0.39 is 20.5 Å². The summed E-state index contributed by atoms with van der Waals surface area (Å²) in [7, 11) is -1.73. The molecule has 2 rings (SSSR count). The molecule has 20 heavy (non-hydrogen) atoms. The van der Waals surface area contributed by atoms with Crippen molar-refractivity contribution in [1.29, 1.82) is 0 Å². The Morgan fingerprint density at radius 2 is 1.95 bits per heavy atom. The minimum absolute atomic E-state index is 0.209.